The summed E-state index contributed by atoms with van der Waals surface area (Å²) in [4.78, 5) is 14.3. The lowest BCUT2D eigenvalue weighted by Gasteiger charge is -2.08. The van der Waals surface area contributed by atoms with Gasteiger partial charge in [0.1, 0.15) is 0 Å². The Morgan fingerprint density at radius 2 is 2.00 bits per heavy atom. The van der Waals surface area contributed by atoms with Crippen LogP contribution in [-0.4, -0.2) is 24.0 Å². The van der Waals surface area contributed by atoms with Gasteiger partial charge in [0.25, 0.3) is 5.95 Å². The van der Waals surface area contributed by atoms with E-state index in [-0.39, 0.29) is 30.7 Å². The van der Waals surface area contributed by atoms with E-state index >= 15 is 0 Å². The monoisotopic (exact) mass is 259 g/mol. The summed E-state index contributed by atoms with van der Waals surface area (Å²) in [5.74, 6) is -3.96. The molecule has 98 valence electrons. The molecule has 1 saturated carbocycles. The van der Waals surface area contributed by atoms with Gasteiger partial charge in [-0.15, -0.1) is 0 Å². The molecule has 0 unspecified atom stereocenters. The molecule has 0 spiro atoms. The van der Waals surface area contributed by atoms with Crippen LogP contribution in [0.15, 0.2) is 6.07 Å². The number of halogens is 3. The van der Waals surface area contributed by atoms with Gasteiger partial charge in [-0.05, 0) is 12.8 Å². The van der Waals surface area contributed by atoms with Crippen molar-refractivity contribution >= 4 is 11.7 Å². The van der Waals surface area contributed by atoms with Crippen LogP contribution < -0.4 is 10.6 Å². The van der Waals surface area contributed by atoms with Crippen LogP contribution >= 0.6 is 0 Å². The number of hydrogen-bond donors (Lipinski definition) is 2. The third-order valence-electron chi connectivity index (χ3n) is 2.55. The fourth-order valence-electron chi connectivity index (χ4n) is 1.42. The van der Waals surface area contributed by atoms with Crippen molar-refractivity contribution in [1.29, 1.82) is 0 Å². The van der Waals surface area contributed by atoms with Crippen molar-refractivity contribution in [2.45, 2.75) is 12.8 Å². The highest BCUT2D eigenvalue weighted by Gasteiger charge is 2.28. The van der Waals surface area contributed by atoms with Crippen LogP contribution in [0.5, 0.6) is 0 Å². The van der Waals surface area contributed by atoms with Gasteiger partial charge >= 0.3 is 0 Å². The summed E-state index contributed by atoms with van der Waals surface area (Å²) in [6.45, 7) is 0.461. The number of pyridine rings is 1. The molecule has 0 saturated heterocycles. The summed E-state index contributed by atoms with van der Waals surface area (Å²) < 4.78 is 38.5. The molecule has 1 aromatic rings. The molecular formula is C11H12F3N3O. The molecule has 18 heavy (non-hydrogen) atoms. The molecule has 0 aliphatic heterocycles. The van der Waals surface area contributed by atoms with Crippen molar-refractivity contribution in [3.63, 3.8) is 0 Å². The minimum atomic E-state index is -1.36. The number of hydrogen-bond acceptors (Lipinski definition) is 3. The molecule has 1 aliphatic carbocycles. The Hall–Kier alpha value is -1.79. The highest BCUT2D eigenvalue weighted by molar-refractivity contribution is 5.80. The summed E-state index contributed by atoms with van der Waals surface area (Å²) in [5, 5.41) is 5.13. The summed E-state index contributed by atoms with van der Waals surface area (Å²) in [7, 11) is 0. The molecule has 1 amide bonds. The molecule has 4 nitrogen and oxygen atoms in total. The Morgan fingerprint density at radius 1 is 1.28 bits per heavy atom. The van der Waals surface area contributed by atoms with E-state index in [1.807, 2.05) is 0 Å². The number of amides is 1. The number of carbonyl (C=O) groups is 1. The van der Waals surface area contributed by atoms with Gasteiger partial charge in [0, 0.05) is 25.1 Å². The molecule has 2 N–H and O–H groups in total. The zero-order valence-electron chi connectivity index (χ0n) is 9.47. The number of nitrogens with one attached hydrogen (secondary N) is 2. The second kappa shape index (κ2) is 5.24. The van der Waals surface area contributed by atoms with Crippen molar-refractivity contribution in [2.24, 2.45) is 5.92 Å². The van der Waals surface area contributed by atoms with Gasteiger partial charge < -0.3 is 10.6 Å². The Balaban J connectivity index is 1.79. The number of aromatic nitrogens is 1. The highest BCUT2D eigenvalue weighted by Crippen LogP contribution is 2.28. The van der Waals surface area contributed by atoms with E-state index in [0.29, 0.717) is 6.07 Å². The van der Waals surface area contributed by atoms with Crippen molar-refractivity contribution < 1.29 is 18.0 Å². The molecule has 1 fully saturated rings. The molecule has 7 heteroatoms. The van der Waals surface area contributed by atoms with E-state index < -0.39 is 17.6 Å². The van der Waals surface area contributed by atoms with Gasteiger partial charge in [-0.2, -0.15) is 9.37 Å². The first-order valence-corrected chi connectivity index (χ1v) is 5.61. The molecule has 0 aromatic carbocycles. The van der Waals surface area contributed by atoms with Crippen LogP contribution in [0.3, 0.4) is 0 Å². The Labute approximate surface area is 102 Å². The predicted molar refractivity (Wildman–Crippen MR) is 58.3 cm³/mol. The summed E-state index contributed by atoms with van der Waals surface area (Å²) in [5.41, 5.74) is 0. The van der Waals surface area contributed by atoms with E-state index in [1.54, 1.807) is 0 Å². The Morgan fingerprint density at radius 3 is 2.67 bits per heavy atom. The molecule has 1 aromatic heterocycles. The Bertz CT molecular complexity index is 463. The van der Waals surface area contributed by atoms with Crippen LogP contribution in [0.25, 0.3) is 0 Å². The van der Waals surface area contributed by atoms with E-state index in [4.69, 9.17) is 0 Å². The van der Waals surface area contributed by atoms with Crippen LogP contribution in [-0.2, 0) is 4.79 Å². The summed E-state index contributed by atoms with van der Waals surface area (Å²) in [6.07, 6.45) is 1.80. The van der Waals surface area contributed by atoms with Gasteiger partial charge in [0.2, 0.25) is 5.91 Å². The van der Waals surface area contributed by atoms with Gasteiger partial charge in [-0.3, -0.25) is 4.79 Å². The lowest BCUT2D eigenvalue weighted by atomic mass is 10.4. The smallest absolute Gasteiger partial charge is 0.251 e. The first-order valence-electron chi connectivity index (χ1n) is 5.61. The SMILES string of the molecule is O=C(NCCNc1nc(F)c(F)cc1F)C1CC1. The van der Waals surface area contributed by atoms with Crippen LogP contribution in [0, 0.1) is 23.5 Å². The average molecular weight is 259 g/mol. The van der Waals surface area contributed by atoms with Crippen LogP contribution in [0.2, 0.25) is 0 Å². The zero-order valence-corrected chi connectivity index (χ0v) is 9.47. The summed E-state index contributed by atoms with van der Waals surface area (Å²) in [6, 6.07) is 0.424. The van der Waals surface area contributed by atoms with E-state index in [9.17, 15) is 18.0 Å². The van der Waals surface area contributed by atoms with Crippen molar-refractivity contribution in [3.8, 4) is 0 Å². The Kier molecular flexibility index (Phi) is 3.69. The maximum absolute atomic E-state index is 13.1. The first kappa shape index (κ1) is 12.7. The molecular weight excluding hydrogens is 247 g/mol. The first-order chi connectivity index (χ1) is 8.58. The topological polar surface area (TPSA) is 54.0 Å². The standard InChI is InChI=1S/C11H12F3N3O/c12-7-5-8(13)10(17-9(7)14)15-3-4-16-11(18)6-1-2-6/h5-6H,1-4H2,(H,15,17)(H,16,18). The third-order valence-corrected chi connectivity index (χ3v) is 2.55. The number of anilines is 1. The molecule has 1 heterocycles. The van der Waals surface area contributed by atoms with E-state index in [0.717, 1.165) is 12.8 Å². The van der Waals surface area contributed by atoms with Gasteiger partial charge in [0.15, 0.2) is 17.5 Å². The molecule has 0 atom stereocenters. The quantitative estimate of drug-likeness (QED) is 0.621. The molecule has 2 rings (SSSR count). The maximum atomic E-state index is 13.1. The summed E-state index contributed by atoms with van der Waals surface area (Å²) >= 11 is 0. The van der Waals surface area contributed by atoms with Crippen molar-refractivity contribution in [3.05, 3.63) is 23.6 Å². The average Bonchev–Trinajstić information content (AvgIpc) is 3.14. The highest BCUT2D eigenvalue weighted by atomic mass is 19.2. The fraction of sp³-hybridized carbons (Fsp3) is 0.455. The number of rotatable bonds is 5. The van der Waals surface area contributed by atoms with Gasteiger partial charge in [-0.25, -0.2) is 8.78 Å². The van der Waals surface area contributed by atoms with Crippen molar-refractivity contribution in [1.82, 2.24) is 10.3 Å². The maximum Gasteiger partial charge on any atom is 0.251 e. The van der Waals surface area contributed by atoms with Gasteiger partial charge in [-0.1, -0.05) is 0 Å². The molecule has 0 bridgehead atoms. The van der Waals surface area contributed by atoms with E-state index in [1.165, 1.54) is 0 Å². The predicted octanol–water partition coefficient (Wildman–Crippen LogP) is 1.44. The minimum Gasteiger partial charge on any atom is -0.366 e. The lowest BCUT2D eigenvalue weighted by molar-refractivity contribution is -0.122. The minimum absolute atomic E-state index is 0.0319. The normalized spacial score (nSPS) is 14.4. The van der Waals surface area contributed by atoms with Crippen molar-refractivity contribution in [2.75, 3.05) is 18.4 Å². The second-order valence-electron chi connectivity index (χ2n) is 4.08. The fourth-order valence-corrected chi connectivity index (χ4v) is 1.42. The van der Waals surface area contributed by atoms with Crippen LogP contribution in [0.4, 0.5) is 19.0 Å². The number of nitrogens with zero attached hydrogens (tertiary/aromatic N) is 1. The van der Waals surface area contributed by atoms with Crippen LogP contribution in [0.1, 0.15) is 12.8 Å². The second-order valence-corrected chi connectivity index (χ2v) is 4.08. The zero-order chi connectivity index (χ0) is 13.1. The van der Waals surface area contributed by atoms with Gasteiger partial charge in [0.05, 0.1) is 0 Å². The number of carbonyl (C=O) groups excluding carboxylic acids is 1. The largest absolute Gasteiger partial charge is 0.366 e. The third kappa shape index (κ3) is 3.12. The van der Waals surface area contributed by atoms with E-state index in [2.05, 4.69) is 15.6 Å². The molecule has 0 radical (unpaired) electrons. The molecule has 1 aliphatic rings. The lowest BCUT2D eigenvalue weighted by Crippen LogP contribution is -2.30.